The number of fused-ring (bicyclic) bond motifs is 3. The maximum Gasteiger partial charge on any atom is 0.163 e. The molecule has 0 amide bonds. The number of aryl methyl sites for hydroxylation is 1. The molecule has 4 heteroatoms. The normalized spacial score (nSPS) is 17.9. The molecule has 4 rings (SSSR count). The van der Waals surface area contributed by atoms with Crippen molar-refractivity contribution in [3.8, 4) is 11.1 Å². The predicted octanol–water partition coefficient (Wildman–Crippen LogP) is 4.17. The average molecular weight is 298 g/mol. The number of halogens is 1. The fourth-order valence-electron chi connectivity index (χ4n) is 3.14. The molecule has 3 aromatic rings. The van der Waals surface area contributed by atoms with Crippen molar-refractivity contribution in [2.45, 2.75) is 26.2 Å². The molecule has 1 aromatic carbocycles. The summed E-state index contributed by atoms with van der Waals surface area (Å²) in [6, 6.07) is 7.84. The second kappa shape index (κ2) is 4.85. The van der Waals surface area contributed by atoms with Crippen LogP contribution in [0.2, 0.25) is 5.02 Å². The van der Waals surface area contributed by atoms with Gasteiger partial charge in [0.2, 0.25) is 0 Å². The number of nitrogens with zero attached hydrogens (tertiary/aromatic N) is 3. The molecule has 21 heavy (non-hydrogen) atoms. The van der Waals surface area contributed by atoms with Crippen LogP contribution in [0.4, 0.5) is 0 Å². The average Bonchev–Trinajstić information content (AvgIpc) is 2.92. The molecule has 1 aliphatic rings. The van der Waals surface area contributed by atoms with Crippen LogP contribution < -0.4 is 0 Å². The van der Waals surface area contributed by atoms with Gasteiger partial charge < -0.3 is 0 Å². The molecular formula is C17H16ClN3. The molecular weight excluding hydrogens is 282 g/mol. The molecule has 0 fully saturated rings. The summed E-state index contributed by atoms with van der Waals surface area (Å²) in [7, 11) is 0. The van der Waals surface area contributed by atoms with E-state index in [4.69, 9.17) is 11.6 Å². The summed E-state index contributed by atoms with van der Waals surface area (Å²) in [5, 5.41) is 5.32. The van der Waals surface area contributed by atoms with Crippen molar-refractivity contribution in [3.63, 3.8) is 0 Å². The monoisotopic (exact) mass is 297 g/mol. The summed E-state index contributed by atoms with van der Waals surface area (Å²) >= 11 is 5.96. The van der Waals surface area contributed by atoms with Crippen LogP contribution in [0.1, 0.15) is 24.6 Å². The van der Waals surface area contributed by atoms with E-state index in [0.29, 0.717) is 0 Å². The molecule has 1 atom stereocenters. The van der Waals surface area contributed by atoms with Crippen LogP contribution in [0.15, 0.2) is 36.7 Å². The van der Waals surface area contributed by atoms with Crippen molar-refractivity contribution >= 4 is 17.2 Å². The van der Waals surface area contributed by atoms with Gasteiger partial charge in [-0.25, -0.2) is 9.50 Å². The van der Waals surface area contributed by atoms with E-state index < -0.39 is 0 Å². The van der Waals surface area contributed by atoms with Gasteiger partial charge >= 0.3 is 0 Å². The molecule has 106 valence electrons. The fraction of sp³-hybridized carbons (Fsp3) is 0.294. The Balaban J connectivity index is 1.88. The van der Waals surface area contributed by atoms with Gasteiger partial charge in [-0.3, -0.25) is 0 Å². The van der Waals surface area contributed by atoms with Gasteiger partial charge in [0.1, 0.15) is 0 Å². The topological polar surface area (TPSA) is 30.2 Å². The largest absolute Gasteiger partial charge is 0.236 e. The molecule has 1 unspecified atom stereocenters. The van der Waals surface area contributed by atoms with Gasteiger partial charge in [-0.15, -0.1) is 0 Å². The lowest BCUT2D eigenvalue weighted by Gasteiger charge is -2.21. The standard InChI is InChI=1S/C17H16ClN3/c1-11-2-7-16-13(8-11)9-19-17-15(10-20-21(16)17)12-3-5-14(18)6-4-12/h3-6,9-11H,2,7-8H2,1H3. The molecule has 0 saturated heterocycles. The van der Waals surface area contributed by atoms with Crippen LogP contribution in [-0.2, 0) is 12.8 Å². The van der Waals surface area contributed by atoms with Crippen LogP contribution in [0.25, 0.3) is 16.8 Å². The van der Waals surface area contributed by atoms with E-state index in [2.05, 4.69) is 17.0 Å². The second-order valence-corrected chi connectivity index (χ2v) is 6.32. The lowest BCUT2D eigenvalue weighted by Crippen LogP contribution is -2.16. The van der Waals surface area contributed by atoms with Gasteiger partial charge in [-0.2, -0.15) is 5.10 Å². The van der Waals surface area contributed by atoms with Crippen molar-refractivity contribution in [2.75, 3.05) is 0 Å². The van der Waals surface area contributed by atoms with E-state index in [9.17, 15) is 0 Å². The predicted molar refractivity (Wildman–Crippen MR) is 84.6 cm³/mol. The third-order valence-electron chi connectivity index (χ3n) is 4.31. The first-order valence-corrected chi connectivity index (χ1v) is 7.70. The lowest BCUT2D eigenvalue weighted by atomic mass is 9.89. The molecule has 2 aromatic heterocycles. The van der Waals surface area contributed by atoms with Crippen molar-refractivity contribution in [2.24, 2.45) is 5.92 Å². The minimum atomic E-state index is 0.739. The maximum atomic E-state index is 5.96. The Hall–Kier alpha value is -1.87. The second-order valence-electron chi connectivity index (χ2n) is 5.88. The van der Waals surface area contributed by atoms with Crippen LogP contribution in [0.3, 0.4) is 0 Å². The van der Waals surface area contributed by atoms with E-state index >= 15 is 0 Å². The Morgan fingerprint density at radius 2 is 2.00 bits per heavy atom. The van der Waals surface area contributed by atoms with Gasteiger partial charge in [0.05, 0.1) is 6.20 Å². The third kappa shape index (κ3) is 2.12. The molecule has 0 bridgehead atoms. The summed E-state index contributed by atoms with van der Waals surface area (Å²) < 4.78 is 2.02. The number of benzene rings is 1. The van der Waals surface area contributed by atoms with Crippen LogP contribution in [0.5, 0.6) is 0 Å². The Labute approximate surface area is 128 Å². The molecule has 2 heterocycles. The van der Waals surface area contributed by atoms with Crippen LogP contribution in [-0.4, -0.2) is 14.6 Å². The summed E-state index contributed by atoms with van der Waals surface area (Å²) in [5.74, 6) is 0.739. The summed E-state index contributed by atoms with van der Waals surface area (Å²) in [5.41, 5.74) is 5.76. The summed E-state index contributed by atoms with van der Waals surface area (Å²) in [4.78, 5) is 4.66. The molecule has 1 aliphatic carbocycles. The minimum absolute atomic E-state index is 0.739. The summed E-state index contributed by atoms with van der Waals surface area (Å²) in [6.07, 6.45) is 7.35. The highest BCUT2D eigenvalue weighted by molar-refractivity contribution is 6.30. The third-order valence-corrected chi connectivity index (χ3v) is 4.56. The number of aromatic nitrogens is 3. The SMILES string of the molecule is CC1CCc2c(cnc3c(-c4ccc(Cl)cc4)cnn23)C1. The Bertz CT molecular complexity index is 805. The highest BCUT2D eigenvalue weighted by Gasteiger charge is 2.20. The Kier molecular flexibility index (Phi) is 2.96. The number of rotatable bonds is 1. The smallest absolute Gasteiger partial charge is 0.163 e. The van der Waals surface area contributed by atoms with Crippen LogP contribution in [0, 0.1) is 5.92 Å². The molecule has 0 spiro atoms. The van der Waals surface area contributed by atoms with E-state index in [1.165, 1.54) is 17.7 Å². The Morgan fingerprint density at radius 1 is 1.19 bits per heavy atom. The van der Waals surface area contributed by atoms with Crippen molar-refractivity contribution < 1.29 is 0 Å². The fourth-order valence-corrected chi connectivity index (χ4v) is 3.27. The zero-order chi connectivity index (χ0) is 14.4. The first-order valence-electron chi connectivity index (χ1n) is 7.33. The first kappa shape index (κ1) is 12.8. The van der Waals surface area contributed by atoms with Gasteiger partial charge in [0, 0.05) is 22.5 Å². The van der Waals surface area contributed by atoms with E-state index in [1.54, 1.807) is 0 Å². The van der Waals surface area contributed by atoms with Crippen LogP contribution >= 0.6 is 11.6 Å². The van der Waals surface area contributed by atoms with E-state index in [0.717, 1.165) is 40.6 Å². The zero-order valence-electron chi connectivity index (χ0n) is 11.9. The van der Waals surface area contributed by atoms with Gasteiger partial charge in [0.25, 0.3) is 0 Å². The van der Waals surface area contributed by atoms with Gasteiger partial charge in [-0.05, 0) is 48.4 Å². The van der Waals surface area contributed by atoms with E-state index in [-0.39, 0.29) is 0 Å². The highest BCUT2D eigenvalue weighted by Crippen LogP contribution is 2.29. The lowest BCUT2D eigenvalue weighted by molar-refractivity contribution is 0.485. The zero-order valence-corrected chi connectivity index (χ0v) is 12.6. The molecule has 0 N–H and O–H groups in total. The van der Waals surface area contributed by atoms with E-state index in [1.807, 2.05) is 41.2 Å². The molecule has 0 radical (unpaired) electrons. The van der Waals surface area contributed by atoms with Crippen molar-refractivity contribution in [1.82, 2.24) is 14.6 Å². The quantitative estimate of drug-likeness (QED) is 0.674. The number of hydrogen-bond donors (Lipinski definition) is 0. The van der Waals surface area contributed by atoms with Crippen molar-refractivity contribution in [3.05, 3.63) is 52.9 Å². The molecule has 0 aliphatic heterocycles. The first-order chi connectivity index (χ1) is 10.2. The molecule has 3 nitrogen and oxygen atoms in total. The number of hydrogen-bond acceptors (Lipinski definition) is 2. The summed E-state index contributed by atoms with van der Waals surface area (Å²) in [6.45, 7) is 2.30. The van der Waals surface area contributed by atoms with Gasteiger partial charge in [-0.1, -0.05) is 30.7 Å². The Morgan fingerprint density at radius 3 is 2.81 bits per heavy atom. The van der Waals surface area contributed by atoms with Gasteiger partial charge in [0.15, 0.2) is 5.65 Å². The highest BCUT2D eigenvalue weighted by atomic mass is 35.5. The van der Waals surface area contributed by atoms with Crippen molar-refractivity contribution in [1.29, 1.82) is 0 Å². The molecule has 0 saturated carbocycles. The maximum absolute atomic E-state index is 5.96. The minimum Gasteiger partial charge on any atom is -0.236 e.